The lowest BCUT2D eigenvalue weighted by Gasteiger charge is -2.14. The Labute approximate surface area is 158 Å². The molecule has 1 atom stereocenters. The van der Waals surface area contributed by atoms with Crippen molar-refractivity contribution in [3.63, 3.8) is 0 Å². The number of aryl methyl sites for hydroxylation is 2. The zero-order valence-corrected chi connectivity index (χ0v) is 16.0. The van der Waals surface area contributed by atoms with Gasteiger partial charge in [-0.05, 0) is 35.2 Å². The highest BCUT2D eigenvalue weighted by molar-refractivity contribution is 7.73. The summed E-state index contributed by atoms with van der Waals surface area (Å²) in [5.41, 5.74) is 3.83. The number of benzene rings is 2. The fraction of sp³-hybridized carbons (Fsp3) is 0.278. The third kappa shape index (κ3) is 3.84. The molecule has 132 valence electrons. The van der Waals surface area contributed by atoms with Crippen molar-refractivity contribution < 1.29 is 8.42 Å². The SMILES string of the molecule is CCc1nc2cc(C(c3ccc(CCCl)cc3)[SH](=O)=O)c(Cl)cc2[nH]1. The maximum atomic E-state index is 12.0. The number of nitrogens with zero attached hydrogens (tertiary/aromatic N) is 1. The lowest BCUT2D eigenvalue weighted by Crippen LogP contribution is -2.04. The van der Waals surface area contributed by atoms with Crippen LogP contribution in [0.4, 0.5) is 0 Å². The van der Waals surface area contributed by atoms with Crippen molar-refractivity contribution >= 4 is 44.9 Å². The first-order chi connectivity index (χ1) is 12.0. The molecule has 2 aromatic carbocycles. The number of fused-ring (bicyclic) bond motifs is 1. The molecule has 3 rings (SSSR count). The van der Waals surface area contributed by atoms with Crippen molar-refractivity contribution in [2.45, 2.75) is 25.0 Å². The monoisotopic (exact) mass is 396 g/mol. The normalized spacial score (nSPS) is 12.8. The number of aromatic amines is 1. The van der Waals surface area contributed by atoms with Gasteiger partial charge in [-0.3, -0.25) is 0 Å². The second kappa shape index (κ2) is 7.77. The Bertz CT molecular complexity index is 957. The summed E-state index contributed by atoms with van der Waals surface area (Å²) >= 11 is 12.1. The Morgan fingerprint density at radius 3 is 2.52 bits per heavy atom. The predicted molar refractivity (Wildman–Crippen MR) is 104 cm³/mol. The van der Waals surface area contributed by atoms with Crippen molar-refractivity contribution in [3.8, 4) is 0 Å². The molecule has 7 heteroatoms. The molecule has 3 aromatic rings. The summed E-state index contributed by atoms with van der Waals surface area (Å²) in [6.07, 6.45) is 1.51. The second-order valence-electron chi connectivity index (χ2n) is 5.80. The molecule has 0 bridgehead atoms. The first-order valence-electron chi connectivity index (χ1n) is 7.99. The largest absolute Gasteiger partial charge is 0.342 e. The van der Waals surface area contributed by atoms with Gasteiger partial charge in [-0.25, -0.2) is 13.4 Å². The van der Waals surface area contributed by atoms with E-state index in [-0.39, 0.29) is 0 Å². The van der Waals surface area contributed by atoms with Crippen molar-refractivity contribution in [1.29, 1.82) is 0 Å². The fourth-order valence-electron chi connectivity index (χ4n) is 2.87. The van der Waals surface area contributed by atoms with E-state index in [1.54, 1.807) is 12.1 Å². The molecule has 1 unspecified atom stereocenters. The Hall–Kier alpha value is -1.56. The summed E-state index contributed by atoms with van der Waals surface area (Å²) in [6, 6.07) is 10.9. The van der Waals surface area contributed by atoms with Crippen LogP contribution < -0.4 is 0 Å². The van der Waals surface area contributed by atoms with Crippen molar-refractivity contribution in [3.05, 3.63) is 63.9 Å². The molecule has 0 spiro atoms. The number of nitrogens with one attached hydrogen (secondary N) is 1. The van der Waals surface area contributed by atoms with Gasteiger partial charge in [0.25, 0.3) is 0 Å². The van der Waals surface area contributed by atoms with Crippen LogP contribution in [0.1, 0.15) is 34.7 Å². The van der Waals surface area contributed by atoms with E-state index in [2.05, 4.69) is 9.97 Å². The first-order valence-corrected chi connectivity index (χ1v) is 10.2. The molecular formula is C18H18Cl2N2O2S. The summed E-state index contributed by atoms with van der Waals surface area (Å²) in [6.45, 7) is 2.00. The average Bonchev–Trinajstić information content (AvgIpc) is 2.98. The molecule has 0 amide bonds. The Morgan fingerprint density at radius 2 is 1.92 bits per heavy atom. The molecule has 0 saturated carbocycles. The third-order valence-corrected chi connectivity index (χ3v) is 5.68. The average molecular weight is 397 g/mol. The first kappa shape index (κ1) is 18.2. The van der Waals surface area contributed by atoms with Crippen LogP contribution in [-0.4, -0.2) is 24.3 Å². The number of hydrogen-bond acceptors (Lipinski definition) is 3. The number of imidazole rings is 1. The van der Waals surface area contributed by atoms with Crippen LogP contribution in [0.5, 0.6) is 0 Å². The number of hydrogen-bond donors (Lipinski definition) is 2. The van der Waals surface area contributed by atoms with Crippen LogP contribution in [0, 0.1) is 0 Å². The van der Waals surface area contributed by atoms with E-state index in [1.165, 1.54) is 0 Å². The van der Waals surface area contributed by atoms with Crippen molar-refractivity contribution in [2.75, 3.05) is 5.88 Å². The Morgan fingerprint density at radius 1 is 1.20 bits per heavy atom. The highest BCUT2D eigenvalue weighted by Gasteiger charge is 2.21. The van der Waals surface area contributed by atoms with Crippen LogP contribution >= 0.6 is 23.2 Å². The topological polar surface area (TPSA) is 62.8 Å². The molecular weight excluding hydrogens is 379 g/mol. The summed E-state index contributed by atoms with van der Waals surface area (Å²) in [5, 5.41) is -0.397. The zero-order valence-electron chi connectivity index (χ0n) is 13.6. The number of aromatic nitrogens is 2. The Kier molecular flexibility index (Phi) is 5.67. The molecule has 25 heavy (non-hydrogen) atoms. The highest BCUT2D eigenvalue weighted by Crippen LogP contribution is 2.34. The summed E-state index contributed by atoms with van der Waals surface area (Å²) in [4.78, 5) is 7.66. The van der Waals surface area contributed by atoms with Gasteiger partial charge in [0, 0.05) is 17.3 Å². The van der Waals surface area contributed by atoms with Gasteiger partial charge in [-0.1, -0.05) is 42.8 Å². The molecule has 4 nitrogen and oxygen atoms in total. The van der Waals surface area contributed by atoms with Gasteiger partial charge in [0.2, 0.25) is 0 Å². The van der Waals surface area contributed by atoms with Gasteiger partial charge >= 0.3 is 0 Å². The van der Waals surface area contributed by atoms with Gasteiger partial charge in [0.1, 0.15) is 11.1 Å². The van der Waals surface area contributed by atoms with Crippen LogP contribution in [0.15, 0.2) is 36.4 Å². The second-order valence-corrected chi connectivity index (χ2v) is 7.67. The molecule has 0 aliphatic heterocycles. The quantitative estimate of drug-likeness (QED) is 0.483. The molecule has 0 aliphatic rings. The predicted octanol–water partition coefficient (Wildman–Crippen LogP) is 4.26. The summed E-state index contributed by atoms with van der Waals surface area (Å²) in [5.74, 6) is 1.37. The minimum atomic E-state index is -2.75. The molecule has 0 radical (unpaired) electrons. The van der Waals surface area contributed by atoms with Gasteiger partial charge in [0.05, 0.1) is 11.0 Å². The van der Waals surface area contributed by atoms with E-state index >= 15 is 0 Å². The van der Waals surface area contributed by atoms with Gasteiger partial charge in [0.15, 0.2) is 10.7 Å². The third-order valence-electron chi connectivity index (χ3n) is 4.17. The van der Waals surface area contributed by atoms with Crippen molar-refractivity contribution in [2.24, 2.45) is 0 Å². The van der Waals surface area contributed by atoms with E-state index in [0.29, 0.717) is 22.0 Å². The Balaban J connectivity index is 2.08. The number of thiol groups is 1. The van der Waals surface area contributed by atoms with E-state index in [0.717, 1.165) is 35.3 Å². The van der Waals surface area contributed by atoms with E-state index < -0.39 is 16.0 Å². The molecule has 1 aromatic heterocycles. The number of rotatable bonds is 6. The van der Waals surface area contributed by atoms with E-state index in [1.807, 2.05) is 31.2 Å². The number of halogens is 2. The molecule has 1 N–H and O–H groups in total. The van der Waals surface area contributed by atoms with E-state index in [4.69, 9.17) is 23.2 Å². The molecule has 1 heterocycles. The minimum Gasteiger partial charge on any atom is -0.342 e. The maximum Gasteiger partial charge on any atom is 0.151 e. The minimum absolute atomic E-state index is 0.410. The summed E-state index contributed by atoms with van der Waals surface area (Å²) < 4.78 is 24.0. The lowest BCUT2D eigenvalue weighted by atomic mass is 10.0. The van der Waals surface area contributed by atoms with Crippen LogP contribution in [0.2, 0.25) is 5.02 Å². The molecule has 0 fully saturated rings. The maximum absolute atomic E-state index is 12.0. The van der Waals surface area contributed by atoms with Crippen LogP contribution in [-0.2, 0) is 23.5 Å². The van der Waals surface area contributed by atoms with Gasteiger partial charge in [-0.2, -0.15) is 0 Å². The molecule has 0 aliphatic carbocycles. The number of alkyl halides is 1. The highest BCUT2D eigenvalue weighted by atomic mass is 35.5. The van der Waals surface area contributed by atoms with Crippen LogP contribution in [0.25, 0.3) is 11.0 Å². The number of H-pyrrole nitrogens is 1. The summed E-state index contributed by atoms with van der Waals surface area (Å²) in [7, 11) is -2.75. The smallest absolute Gasteiger partial charge is 0.151 e. The van der Waals surface area contributed by atoms with Gasteiger partial charge < -0.3 is 4.98 Å². The lowest BCUT2D eigenvalue weighted by molar-refractivity contribution is 0.608. The van der Waals surface area contributed by atoms with Crippen LogP contribution in [0.3, 0.4) is 0 Å². The van der Waals surface area contributed by atoms with E-state index in [9.17, 15) is 8.42 Å². The zero-order chi connectivity index (χ0) is 18.0. The van der Waals surface area contributed by atoms with Gasteiger partial charge in [-0.15, -0.1) is 11.6 Å². The van der Waals surface area contributed by atoms with Crippen molar-refractivity contribution in [1.82, 2.24) is 9.97 Å². The molecule has 0 saturated heterocycles. The fourth-order valence-corrected chi connectivity index (χ4v) is 4.29. The standard InChI is InChI=1S/C18H18Cl2N2O2S/c1-2-17-21-15-9-13(14(20)10-16(15)22-17)18(25(23)24)12-5-3-11(4-6-12)7-8-19/h3-6,9-10,18,25H,2,7-8H2,1H3,(H,21,22).